The number of carbonyl (C=O) groups is 1. The van der Waals surface area contributed by atoms with Gasteiger partial charge in [0.1, 0.15) is 11.5 Å². The van der Waals surface area contributed by atoms with E-state index in [2.05, 4.69) is 20.4 Å². The number of ether oxygens (including phenoxy) is 1. The van der Waals surface area contributed by atoms with Crippen LogP contribution in [0.1, 0.15) is 16.1 Å². The number of aryl methyl sites for hydroxylation is 1. The van der Waals surface area contributed by atoms with E-state index in [4.69, 9.17) is 4.74 Å². The maximum atomic E-state index is 13.1. The molecule has 4 aromatic rings. The second-order valence-electron chi connectivity index (χ2n) is 8.01. The number of aromatic nitrogens is 4. The average Bonchev–Trinajstić information content (AvgIpc) is 3.54. The number of thiophene rings is 1. The van der Waals surface area contributed by atoms with Crippen LogP contribution in [0.15, 0.2) is 63.6 Å². The Morgan fingerprint density at radius 3 is 2.56 bits per heavy atom. The Morgan fingerprint density at radius 1 is 1.14 bits per heavy atom. The Balaban J connectivity index is 1.43. The monoisotopic (exact) mass is 526 g/mol. The zero-order valence-corrected chi connectivity index (χ0v) is 20.8. The molecule has 0 unspecified atom stereocenters. The quantitative estimate of drug-likeness (QED) is 0.393. The van der Waals surface area contributed by atoms with Gasteiger partial charge in [-0.2, -0.15) is 14.1 Å². The number of sulfonamides is 1. The zero-order chi connectivity index (χ0) is 25.3. The Morgan fingerprint density at radius 2 is 1.89 bits per heavy atom. The van der Waals surface area contributed by atoms with E-state index in [9.17, 15) is 18.0 Å². The zero-order valence-electron chi connectivity index (χ0n) is 19.2. The van der Waals surface area contributed by atoms with E-state index < -0.39 is 15.9 Å². The predicted octanol–water partition coefficient (Wildman–Crippen LogP) is 2.27. The topological polar surface area (TPSA) is 139 Å². The Kier molecular flexibility index (Phi) is 6.53. The maximum absolute atomic E-state index is 13.1. The lowest BCUT2D eigenvalue weighted by Gasteiger charge is -2.26. The third-order valence-electron chi connectivity index (χ3n) is 5.51. The molecule has 13 heteroatoms. The summed E-state index contributed by atoms with van der Waals surface area (Å²) in [5.41, 5.74) is 1.000. The van der Waals surface area contributed by atoms with Crippen LogP contribution in [0.4, 0.5) is 5.82 Å². The molecule has 1 aromatic carbocycles. The molecule has 0 saturated carbocycles. The van der Waals surface area contributed by atoms with Crippen LogP contribution in [-0.2, 0) is 14.8 Å². The van der Waals surface area contributed by atoms with Crippen LogP contribution in [0, 0.1) is 6.92 Å². The van der Waals surface area contributed by atoms with Gasteiger partial charge in [0.25, 0.3) is 11.5 Å². The van der Waals surface area contributed by atoms with Gasteiger partial charge in [-0.3, -0.25) is 14.6 Å². The number of nitrogens with one attached hydrogen (secondary N) is 2. The highest BCUT2D eigenvalue weighted by Crippen LogP contribution is 2.27. The third kappa shape index (κ3) is 4.86. The lowest BCUT2D eigenvalue weighted by atomic mass is 10.2. The molecule has 11 nitrogen and oxygen atoms in total. The predicted molar refractivity (Wildman–Crippen MR) is 134 cm³/mol. The molecule has 1 aliphatic rings. The Bertz CT molecular complexity index is 1550. The molecule has 0 radical (unpaired) electrons. The largest absolute Gasteiger partial charge is 0.379 e. The molecule has 1 fully saturated rings. The molecule has 1 aliphatic heterocycles. The Labute approximate surface area is 210 Å². The van der Waals surface area contributed by atoms with Crippen LogP contribution in [0.25, 0.3) is 16.5 Å². The third-order valence-corrected chi connectivity index (χ3v) is 8.31. The van der Waals surface area contributed by atoms with Gasteiger partial charge >= 0.3 is 0 Å². The van der Waals surface area contributed by atoms with Crippen LogP contribution in [0.3, 0.4) is 0 Å². The van der Waals surface area contributed by atoms with Crippen molar-refractivity contribution in [3.63, 3.8) is 0 Å². The standard InChI is InChI=1S/C23H22N6O5S2/c1-15-13-21(30)26-23(24-15)29-20(14-18(27-29)19-3-2-12-35-19)25-22(31)16-4-6-17(7-5-16)36(32,33)28-8-10-34-11-9-28/h2-7,12-14H,8-11H2,1H3,(H,25,31)(H,24,26,30). The molecule has 0 aliphatic carbocycles. The first-order valence-corrected chi connectivity index (χ1v) is 13.3. The lowest BCUT2D eigenvalue weighted by molar-refractivity contribution is 0.0730. The number of aromatic amines is 1. The van der Waals surface area contributed by atoms with Crippen LogP contribution < -0.4 is 10.9 Å². The summed E-state index contributed by atoms with van der Waals surface area (Å²) in [5.74, 6) is -0.0218. The van der Waals surface area contributed by atoms with Gasteiger partial charge in [0.2, 0.25) is 16.0 Å². The maximum Gasteiger partial charge on any atom is 0.256 e. The molecule has 1 amide bonds. The second kappa shape index (κ2) is 9.78. The summed E-state index contributed by atoms with van der Waals surface area (Å²) < 4.78 is 33.7. The number of nitrogens with zero attached hydrogens (tertiary/aromatic N) is 4. The number of rotatable bonds is 6. The van der Waals surface area contributed by atoms with Gasteiger partial charge in [-0.15, -0.1) is 11.3 Å². The number of benzene rings is 1. The summed E-state index contributed by atoms with van der Waals surface area (Å²) >= 11 is 1.48. The van der Waals surface area contributed by atoms with Gasteiger partial charge < -0.3 is 10.1 Å². The summed E-state index contributed by atoms with van der Waals surface area (Å²) in [6, 6.07) is 12.6. The molecule has 0 atom stereocenters. The van der Waals surface area contributed by atoms with Gasteiger partial charge in [-0.05, 0) is 42.6 Å². The van der Waals surface area contributed by atoms with E-state index in [0.717, 1.165) is 4.88 Å². The van der Waals surface area contributed by atoms with Gasteiger partial charge in [0.05, 0.1) is 23.0 Å². The van der Waals surface area contributed by atoms with E-state index >= 15 is 0 Å². The molecule has 0 spiro atoms. The molecule has 1 saturated heterocycles. The minimum Gasteiger partial charge on any atom is -0.379 e. The van der Waals surface area contributed by atoms with E-state index in [1.165, 1.54) is 50.7 Å². The van der Waals surface area contributed by atoms with Crippen molar-refractivity contribution in [3.05, 3.63) is 75.5 Å². The van der Waals surface area contributed by atoms with Crippen molar-refractivity contribution >= 4 is 33.1 Å². The first-order chi connectivity index (χ1) is 17.3. The fourth-order valence-corrected chi connectivity index (χ4v) is 5.83. The minimum absolute atomic E-state index is 0.104. The number of anilines is 1. The van der Waals surface area contributed by atoms with Gasteiger partial charge in [-0.25, -0.2) is 13.4 Å². The molecular formula is C23H22N6O5S2. The summed E-state index contributed by atoms with van der Waals surface area (Å²) in [4.78, 5) is 33.0. The molecule has 0 bridgehead atoms. The van der Waals surface area contributed by atoms with E-state index in [1.54, 1.807) is 13.0 Å². The highest BCUT2D eigenvalue weighted by Gasteiger charge is 2.26. The van der Waals surface area contributed by atoms with Crippen LogP contribution in [0.2, 0.25) is 0 Å². The van der Waals surface area contributed by atoms with E-state index in [-0.39, 0.29) is 35.1 Å². The lowest BCUT2D eigenvalue weighted by Crippen LogP contribution is -2.40. The number of hydrogen-bond acceptors (Lipinski definition) is 8. The fourth-order valence-electron chi connectivity index (χ4n) is 3.74. The van der Waals surface area contributed by atoms with Crippen LogP contribution in [-0.4, -0.2) is 64.7 Å². The number of carbonyl (C=O) groups excluding carboxylic acids is 1. The first-order valence-electron chi connectivity index (χ1n) is 11.0. The molecule has 5 rings (SSSR count). The summed E-state index contributed by atoms with van der Waals surface area (Å²) in [5, 5.41) is 9.24. The molecule has 4 heterocycles. The highest BCUT2D eigenvalue weighted by atomic mass is 32.2. The number of morpholine rings is 1. The summed E-state index contributed by atoms with van der Waals surface area (Å²) in [7, 11) is -3.67. The highest BCUT2D eigenvalue weighted by molar-refractivity contribution is 7.89. The van der Waals surface area contributed by atoms with Gasteiger partial charge in [0.15, 0.2) is 0 Å². The van der Waals surface area contributed by atoms with Gasteiger partial charge in [0, 0.05) is 36.5 Å². The van der Waals surface area contributed by atoms with Gasteiger partial charge in [-0.1, -0.05) is 6.07 Å². The molecular weight excluding hydrogens is 504 g/mol. The van der Waals surface area contributed by atoms with Crippen LogP contribution >= 0.6 is 11.3 Å². The van der Waals surface area contributed by atoms with Crippen molar-refractivity contribution in [2.45, 2.75) is 11.8 Å². The number of H-pyrrole nitrogens is 1. The van der Waals surface area contributed by atoms with Crippen molar-refractivity contribution in [3.8, 4) is 16.5 Å². The van der Waals surface area contributed by atoms with Crippen molar-refractivity contribution in [2.24, 2.45) is 0 Å². The van der Waals surface area contributed by atoms with Crippen LogP contribution in [0.5, 0.6) is 0 Å². The summed E-state index contributed by atoms with van der Waals surface area (Å²) in [6.45, 7) is 2.96. The van der Waals surface area contributed by atoms with E-state index in [0.29, 0.717) is 30.4 Å². The SMILES string of the molecule is Cc1cc(=O)[nH]c(-n2nc(-c3cccs3)cc2NC(=O)c2ccc(S(=O)(=O)N3CCOCC3)cc2)n1. The fraction of sp³-hybridized carbons (Fsp3) is 0.217. The first kappa shape index (κ1) is 24.1. The number of amides is 1. The average molecular weight is 527 g/mol. The van der Waals surface area contributed by atoms with Crippen molar-refractivity contribution < 1.29 is 17.9 Å². The normalized spacial score (nSPS) is 14.6. The molecule has 36 heavy (non-hydrogen) atoms. The summed E-state index contributed by atoms with van der Waals surface area (Å²) in [6.07, 6.45) is 0. The smallest absolute Gasteiger partial charge is 0.256 e. The van der Waals surface area contributed by atoms with Crippen molar-refractivity contribution in [1.29, 1.82) is 0 Å². The molecule has 2 N–H and O–H groups in total. The second-order valence-corrected chi connectivity index (χ2v) is 10.9. The molecule has 186 valence electrons. The minimum atomic E-state index is -3.67. The van der Waals surface area contributed by atoms with Crippen molar-refractivity contribution in [1.82, 2.24) is 24.1 Å². The Hall–Kier alpha value is -3.65. The van der Waals surface area contributed by atoms with E-state index in [1.807, 2.05) is 17.5 Å². The van der Waals surface area contributed by atoms with Crippen molar-refractivity contribution in [2.75, 3.05) is 31.6 Å². The molecule has 3 aromatic heterocycles. The number of hydrogen-bond donors (Lipinski definition) is 2.